The van der Waals surface area contributed by atoms with Crippen LogP contribution in [0.2, 0.25) is 0 Å². The van der Waals surface area contributed by atoms with Gasteiger partial charge in [-0.25, -0.2) is 0 Å². The Kier molecular flexibility index (Phi) is 7.74. The number of hydrogen-bond donors (Lipinski definition) is 0. The fraction of sp³-hybridized carbons (Fsp3) is 0.462. The average Bonchev–Trinajstić information content (AvgIpc) is 2.64. The Morgan fingerprint density at radius 2 is 0.893 bits per heavy atom. The van der Waals surface area contributed by atoms with Crippen LogP contribution in [0.4, 0.5) is 11.4 Å². The molecule has 2 aromatic carbocycles. The summed E-state index contributed by atoms with van der Waals surface area (Å²) in [6.45, 7) is 17.8. The third-order valence-electron chi connectivity index (χ3n) is 5.17. The lowest BCUT2D eigenvalue weighted by Gasteiger charge is -2.14. The summed E-state index contributed by atoms with van der Waals surface area (Å²) in [7, 11) is 0. The maximum absolute atomic E-state index is 4.69. The minimum absolute atomic E-state index is 0.443. The number of hydrogen-bond acceptors (Lipinski definition) is 2. The van der Waals surface area contributed by atoms with Crippen LogP contribution in [0.25, 0.3) is 0 Å². The molecule has 0 heterocycles. The molecule has 0 amide bonds. The van der Waals surface area contributed by atoms with Crippen LogP contribution in [0.3, 0.4) is 0 Å². The highest BCUT2D eigenvalue weighted by Gasteiger charge is 2.10. The molecule has 0 unspecified atom stereocenters. The minimum atomic E-state index is 0.443. The van der Waals surface area contributed by atoms with Crippen molar-refractivity contribution in [1.29, 1.82) is 0 Å². The van der Waals surface area contributed by atoms with Crippen molar-refractivity contribution in [3.63, 3.8) is 0 Å². The summed E-state index contributed by atoms with van der Waals surface area (Å²) in [5.41, 5.74) is 7.38. The van der Waals surface area contributed by atoms with Crippen molar-refractivity contribution in [2.45, 2.75) is 79.1 Å². The molecule has 2 heteroatoms. The zero-order valence-electron chi connectivity index (χ0n) is 18.8. The smallest absolute Gasteiger partial charge is 0.0665 e. The Morgan fingerprint density at radius 3 is 1.18 bits per heavy atom. The number of rotatable bonds is 7. The lowest BCUT2D eigenvalue weighted by atomic mass is 9.94. The van der Waals surface area contributed by atoms with Gasteiger partial charge in [-0.3, -0.25) is 9.98 Å². The normalized spacial score (nSPS) is 12.6. The highest BCUT2D eigenvalue weighted by Crippen LogP contribution is 2.31. The molecule has 0 aliphatic rings. The summed E-state index contributed by atoms with van der Waals surface area (Å²) in [6, 6.07) is 13.2. The van der Waals surface area contributed by atoms with Gasteiger partial charge in [-0.15, -0.1) is 0 Å². The van der Waals surface area contributed by atoms with Crippen LogP contribution in [0.1, 0.15) is 101 Å². The second-order valence-corrected chi connectivity index (χ2v) is 8.81. The van der Waals surface area contributed by atoms with Crippen molar-refractivity contribution < 1.29 is 0 Å². The van der Waals surface area contributed by atoms with Crippen molar-refractivity contribution in [3.8, 4) is 0 Å². The maximum Gasteiger partial charge on any atom is 0.0665 e. The molecule has 0 aromatic heterocycles. The first-order chi connectivity index (χ1) is 13.2. The molecule has 0 fully saturated rings. The Hall–Kier alpha value is -2.22. The van der Waals surface area contributed by atoms with Gasteiger partial charge in [0.2, 0.25) is 0 Å². The Labute approximate surface area is 171 Å². The summed E-state index contributed by atoms with van der Waals surface area (Å²) >= 11 is 0. The summed E-state index contributed by atoms with van der Waals surface area (Å²) in [4.78, 5) is 9.38. The van der Waals surface area contributed by atoms with Crippen molar-refractivity contribution in [2.75, 3.05) is 0 Å². The minimum Gasteiger partial charge on any atom is -0.255 e. The van der Waals surface area contributed by atoms with E-state index in [-0.39, 0.29) is 0 Å². The van der Waals surface area contributed by atoms with Crippen LogP contribution in [0.5, 0.6) is 0 Å². The number of aliphatic imine (C=N–C) groups is 2. The summed E-state index contributed by atoms with van der Waals surface area (Å²) in [5, 5.41) is 0. The van der Waals surface area contributed by atoms with E-state index in [0.717, 1.165) is 11.4 Å². The SMILES string of the molecule is CC(C)c1ccc(N=CC=Nc2ccc(C(C)C)cc2C(C)C)c(C(C)C)c1. The van der Waals surface area contributed by atoms with Crippen LogP contribution in [0.15, 0.2) is 46.4 Å². The number of benzene rings is 2. The van der Waals surface area contributed by atoms with Crippen molar-refractivity contribution >= 4 is 23.8 Å². The first kappa shape index (κ1) is 22.1. The zero-order valence-corrected chi connectivity index (χ0v) is 18.8. The molecule has 0 saturated carbocycles. The van der Waals surface area contributed by atoms with Crippen molar-refractivity contribution in [3.05, 3.63) is 58.7 Å². The molecule has 150 valence electrons. The lowest BCUT2D eigenvalue weighted by molar-refractivity contribution is 0.834. The molecular formula is C26H36N2. The lowest BCUT2D eigenvalue weighted by Crippen LogP contribution is -1.94. The molecule has 0 aliphatic carbocycles. The van der Waals surface area contributed by atoms with Gasteiger partial charge in [-0.05, 0) is 58.1 Å². The third-order valence-corrected chi connectivity index (χ3v) is 5.17. The molecule has 0 radical (unpaired) electrons. The van der Waals surface area contributed by atoms with Crippen LogP contribution in [-0.4, -0.2) is 12.4 Å². The van der Waals surface area contributed by atoms with E-state index in [1.165, 1.54) is 22.3 Å². The zero-order chi connectivity index (χ0) is 20.8. The molecule has 2 rings (SSSR count). The largest absolute Gasteiger partial charge is 0.255 e. The molecule has 0 aliphatic heterocycles. The Morgan fingerprint density at radius 1 is 0.536 bits per heavy atom. The summed E-state index contributed by atoms with van der Waals surface area (Å²) in [6.07, 6.45) is 3.63. The van der Waals surface area contributed by atoms with E-state index in [2.05, 4.69) is 102 Å². The van der Waals surface area contributed by atoms with Gasteiger partial charge in [0.25, 0.3) is 0 Å². The van der Waals surface area contributed by atoms with Gasteiger partial charge in [0.15, 0.2) is 0 Å². The van der Waals surface area contributed by atoms with Gasteiger partial charge in [0.1, 0.15) is 0 Å². The second kappa shape index (κ2) is 9.82. The van der Waals surface area contributed by atoms with E-state index in [4.69, 9.17) is 0 Å². The van der Waals surface area contributed by atoms with E-state index in [9.17, 15) is 0 Å². The quantitative estimate of drug-likeness (QED) is 0.434. The Balaban J connectivity index is 2.26. The Bertz CT molecular complexity index is 768. The van der Waals surface area contributed by atoms with Gasteiger partial charge in [-0.2, -0.15) is 0 Å². The topological polar surface area (TPSA) is 24.7 Å². The van der Waals surface area contributed by atoms with E-state index in [1.54, 1.807) is 0 Å². The van der Waals surface area contributed by atoms with Crippen molar-refractivity contribution in [1.82, 2.24) is 0 Å². The van der Waals surface area contributed by atoms with E-state index >= 15 is 0 Å². The summed E-state index contributed by atoms with van der Waals surface area (Å²) in [5.74, 6) is 1.94. The standard InChI is InChI=1S/C26H36N2/c1-17(2)21-9-11-25(23(15-21)19(5)6)27-13-14-28-26-12-10-22(18(3)4)16-24(26)20(7)8/h9-20H,1-8H3. The van der Waals surface area contributed by atoms with Crippen molar-refractivity contribution in [2.24, 2.45) is 9.98 Å². The van der Waals surface area contributed by atoms with Crippen LogP contribution < -0.4 is 0 Å². The van der Waals surface area contributed by atoms with E-state index in [0.29, 0.717) is 23.7 Å². The molecule has 0 bridgehead atoms. The number of nitrogens with zero attached hydrogens (tertiary/aromatic N) is 2. The molecule has 0 spiro atoms. The van der Waals surface area contributed by atoms with Gasteiger partial charge >= 0.3 is 0 Å². The molecule has 0 N–H and O–H groups in total. The van der Waals surface area contributed by atoms with E-state index in [1.807, 2.05) is 12.4 Å². The molecular weight excluding hydrogens is 340 g/mol. The fourth-order valence-corrected chi connectivity index (χ4v) is 3.25. The van der Waals surface area contributed by atoms with Crippen LogP contribution >= 0.6 is 0 Å². The summed E-state index contributed by atoms with van der Waals surface area (Å²) < 4.78 is 0. The second-order valence-electron chi connectivity index (χ2n) is 8.81. The first-order valence-electron chi connectivity index (χ1n) is 10.5. The van der Waals surface area contributed by atoms with E-state index < -0.39 is 0 Å². The van der Waals surface area contributed by atoms with Crippen LogP contribution in [-0.2, 0) is 0 Å². The maximum atomic E-state index is 4.69. The fourth-order valence-electron chi connectivity index (χ4n) is 3.25. The van der Waals surface area contributed by atoms with Gasteiger partial charge < -0.3 is 0 Å². The molecule has 2 nitrogen and oxygen atoms in total. The molecule has 28 heavy (non-hydrogen) atoms. The molecule has 2 aromatic rings. The van der Waals surface area contributed by atoms with Gasteiger partial charge in [0, 0.05) is 12.4 Å². The predicted molar refractivity (Wildman–Crippen MR) is 126 cm³/mol. The molecule has 0 saturated heterocycles. The van der Waals surface area contributed by atoms with Crippen LogP contribution in [0, 0.1) is 0 Å². The highest BCUT2D eigenvalue weighted by atomic mass is 14.8. The third kappa shape index (κ3) is 5.64. The van der Waals surface area contributed by atoms with Gasteiger partial charge in [-0.1, -0.05) is 79.7 Å². The molecule has 0 atom stereocenters. The average molecular weight is 377 g/mol. The highest BCUT2D eigenvalue weighted by molar-refractivity contribution is 6.17. The van der Waals surface area contributed by atoms with Gasteiger partial charge in [0.05, 0.1) is 11.4 Å². The monoisotopic (exact) mass is 376 g/mol. The first-order valence-corrected chi connectivity index (χ1v) is 10.5. The predicted octanol–water partition coefficient (Wildman–Crippen LogP) is 8.29.